The van der Waals surface area contributed by atoms with Crippen LogP contribution in [0.3, 0.4) is 0 Å². The van der Waals surface area contributed by atoms with Gasteiger partial charge in [0.15, 0.2) is 0 Å². The molecule has 1 aromatic heterocycles. The van der Waals surface area contributed by atoms with E-state index in [9.17, 15) is 19.5 Å². The minimum Gasteiger partial charge on any atom is -0.478 e. The van der Waals surface area contributed by atoms with Crippen molar-refractivity contribution < 1.29 is 19.5 Å². The van der Waals surface area contributed by atoms with Gasteiger partial charge < -0.3 is 16.2 Å². The van der Waals surface area contributed by atoms with Crippen LogP contribution in [0.4, 0.5) is 0 Å². The van der Waals surface area contributed by atoms with Gasteiger partial charge in [-0.25, -0.2) is 9.78 Å². The van der Waals surface area contributed by atoms with E-state index in [2.05, 4.69) is 5.32 Å². The number of hydrogen-bond donors (Lipinski definition) is 3. The highest BCUT2D eigenvalue weighted by molar-refractivity contribution is 6.31. The van der Waals surface area contributed by atoms with E-state index in [0.717, 1.165) is 50.8 Å². The van der Waals surface area contributed by atoms with Gasteiger partial charge in [-0.3, -0.25) is 9.59 Å². The van der Waals surface area contributed by atoms with Crippen LogP contribution in [0.5, 0.6) is 0 Å². The average Bonchev–Trinajstić information content (AvgIpc) is 3.08. The van der Waals surface area contributed by atoms with Crippen molar-refractivity contribution in [3.63, 3.8) is 0 Å². The molecular formula is C39H36ClN3O4. The Balaban J connectivity index is 1.48. The van der Waals surface area contributed by atoms with Crippen molar-refractivity contribution in [1.29, 1.82) is 0 Å². The summed E-state index contributed by atoms with van der Waals surface area (Å²) < 4.78 is 0. The zero-order chi connectivity index (χ0) is 33.5. The number of aryl methyl sites for hydroxylation is 2. The van der Waals surface area contributed by atoms with Crippen molar-refractivity contribution in [3.8, 4) is 0 Å². The number of benzene rings is 4. The largest absolute Gasteiger partial charge is 0.478 e. The number of hydrogen-bond acceptors (Lipinski definition) is 4. The van der Waals surface area contributed by atoms with E-state index in [0.29, 0.717) is 29.8 Å². The number of nitrogens with zero attached hydrogens (tertiary/aromatic N) is 1. The van der Waals surface area contributed by atoms with Crippen LogP contribution in [-0.4, -0.2) is 27.9 Å². The highest BCUT2D eigenvalue weighted by Crippen LogP contribution is 2.27. The summed E-state index contributed by atoms with van der Waals surface area (Å²) in [6.45, 7) is 4.06. The van der Waals surface area contributed by atoms with Gasteiger partial charge in [0, 0.05) is 16.0 Å². The number of primary amides is 1. The predicted octanol–water partition coefficient (Wildman–Crippen LogP) is 8.08. The smallest absolute Gasteiger partial charge is 0.336 e. The number of aromatic nitrogens is 1. The molecule has 0 aliphatic rings. The van der Waals surface area contributed by atoms with Crippen LogP contribution in [0.2, 0.25) is 5.02 Å². The SMILES string of the molecule is CCc1ccc(CCC(NC(=O)c2ccccc2C(=O)O)c2cccc(C=Cc3ccc4ccc(Cl)cc4n3)c2)c(C(N)=O)c1CC. The normalized spacial score (nSPS) is 11.9. The molecule has 0 aliphatic carbocycles. The molecule has 5 rings (SSSR count). The number of carbonyl (C=O) groups is 3. The first-order chi connectivity index (χ1) is 22.7. The molecule has 47 heavy (non-hydrogen) atoms. The molecule has 0 saturated carbocycles. The number of nitrogens with two attached hydrogens (primary N) is 1. The first-order valence-corrected chi connectivity index (χ1v) is 16.0. The lowest BCUT2D eigenvalue weighted by Gasteiger charge is -2.22. The number of fused-ring (bicyclic) bond motifs is 1. The Morgan fingerprint density at radius 3 is 2.34 bits per heavy atom. The third kappa shape index (κ3) is 7.76. The minimum absolute atomic E-state index is 0.0712. The number of aromatic carboxylic acids is 1. The maximum absolute atomic E-state index is 13.6. The van der Waals surface area contributed by atoms with Crippen LogP contribution in [-0.2, 0) is 19.3 Å². The number of rotatable bonds is 12. The number of nitrogens with one attached hydrogen (secondary N) is 1. The number of carboxylic acids is 1. The molecule has 7 nitrogen and oxygen atoms in total. The topological polar surface area (TPSA) is 122 Å². The van der Waals surface area contributed by atoms with Crippen LogP contribution < -0.4 is 11.1 Å². The first-order valence-electron chi connectivity index (χ1n) is 15.6. The maximum atomic E-state index is 13.6. The van der Waals surface area contributed by atoms with Gasteiger partial charge in [0.1, 0.15) is 0 Å². The lowest BCUT2D eigenvalue weighted by Crippen LogP contribution is -2.30. The number of carboxylic acid groups (broad SMARTS) is 1. The van der Waals surface area contributed by atoms with E-state index in [1.54, 1.807) is 12.1 Å². The zero-order valence-corrected chi connectivity index (χ0v) is 27.1. The van der Waals surface area contributed by atoms with Gasteiger partial charge in [-0.05, 0) is 96.0 Å². The lowest BCUT2D eigenvalue weighted by atomic mass is 9.89. The molecule has 8 heteroatoms. The van der Waals surface area contributed by atoms with Crippen molar-refractivity contribution >= 4 is 52.4 Å². The summed E-state index contributed by atoms with van der Waals surface area (Å²) in [5, 5.41) is 14.4. The van der Waals surface area contributed by atoms with E-state index in [4.69, 9.17) is 22.3 Å². The number of halogens is 1. The standard InChI is InChI=1S/C39H36ClN3O4/c1-3-25-13-14-27(36(37(41)44)31(25)4-2)17-21-34(43-38(45)32-10-5-6-11-33(32)39(46)47)28-9-7-8-24(22-28)12-19-30-20-16-26-15-18-29(40)23-35(26)42-30/h5-16,18-20,22-23,34H,3-4,17,21H2,1-2H3,(H2,41,44)(H,43,45)(H,46,47). The summed E-state index contributed by atoms with van der Waals surface area (Å²) in [5.74, 6) is -2.16. The fourth-order valence-electron chi connectivity index (χ4n) is 5.98. The Hall–Kier alpha value is -5.27. The molecular weight excluding hydrogens is 610 g/mol. The molecule has 4 aromatic carbocycles. The van der Waals surface area contributed by atoms with Crippen molar-refractivity contribution in [2.24, 2.45) is 5.73 Å². The number of amides is 2. The van der Waals surface area contributed by atoms with Crippen LogP contribution in [0.15, 0.2) is 91.0 Å². The molecule has 5 aromatic rings. The molecule has 0 fully saturated rings. The number of carbonyl (C=O) groups excluding carboxylic acids is 2. The van der Waals surface area contributed by atoms with Crippen molar-refractivity contribution in [1.82, 2.24) is 10.3 Å². The number of pyridine rings is 1. The fourth-order valence-corrected chi connectivity index (χ4v) is 6.14. The Kier molecular flexibility index (Phi) is 10.5. The Morgan fingerprint density at radius 1 is 0.872 bits per heavy atom. The van der Waals surface area contributed by atoms with Crippen LogP contribution >= 0.6 is 11.6 Å². The minimum atomic E-state index is -1.18. The quantitative estimate of drug-likeness (QED) is 0.127. The molecule has 0 spiro atoms. The molecule has 0 bridgehead atoms. The molecule has 238 valence electrons. The van der Waals surface area contributed by atoms with Gasteiger partial charge in [0.2, 0.25) is 5.91 Å². The second-order valence-corrected chi connectivity index (χ2v) is 11.7. The second-order valence-electron chi connectivity index (χ2n) is 11.3. The first kappa shape index (κ1) is 33.1. The van der Waals surface area contributed by atoms with Gasteiger partial charge in [-0.15, -0.1) is 0 Å². The Labute approximate surface area is 279 Å². The third-order valence-corrected chi connectivity index (χ3v) is 8.56. The fraction of sp³-hybridized carbons (Fsp3) is 0.179. The van der Waals surface area contributed by atoms with Crippen molar-refractivity contribution in [2.75, 3.05) is 0 Å². The van der Waals surface area contributed by atoms with E-state index in [1.165, 1.54) is 12.1 Å². The zero-order valence-electron chi connectivity index (χ0n) is 26.3. The van der Waals surface area contributed by atoms with E-state index < -0.39 is 23.8 Å². The average molecular weight is 646 g/mol. The van der Waals surface area contributed by atoms with Gasteiger partial charge >= 0.3 is 5.97 Å². The summed E-state index contributed by atoms with van der Waals surface area (Å²) >= 11 is 6.17. The summed E-state index contributed by atoms with van der Waals surface area (Å²) in [4.78, 5) is 42.8. The van der Waals surface area contributed by atoms with Crippen molar-refractivity contribution in [2.45, 2.75) is 45.6 Å². The van der Waals surface area contributed by atoms with E-state index >= 15 is 0 Å². The highest BCUT2D eigenvalue weighted by Gasteiger charge is 2.22. The summed E-state index contributed by atoms with van der Waals surface area (Å²) in [7, 11) is 0. The van der Waals surface area contributed by atoms with Gasteiger partial charge in [-0.1, -0.05) is 86.1 Å². The molecule has 0 aliphatic heterocycles. The van der Waals surface area contributed by atoms with Gasteiger partial charge in [0.05, 0.1) is 28.4 Å². The molecule has 0 saturated heterocycles. The van der Waals surface area contributed by atoms with E-state index in [-0.39, 0.29) is 11.1 Å². The summed E-state index contributed by atoms with van der Waals surface area (Å²) in [6.07, 6.45) is 6.23. The predicted molar refractivity (Wildman–Crippen MR) is 188 cm³/mol. The molecule has 1 atom stereocenters. The van der Waals surface area contributed by atoms with Gasteiger partial charge in [-0.2, -0.15) is 0 Å². The Bertz CT molecular complexity index is 2000. The molecule has 4 N–H and O–H groups in total. The van der Waals surface area contributed by atoms with Crippen LogP contribution in [0.1, 0.15) is 90.9 Å². The molecule has 2 amide bonds. The van der Waals surface area contributed by atoms with Gasteiger partial charge in [0.25, 0.3) is 5.91 Å². The van der Waals surface area contributed by atoms with E-state index in [1.807, 2.05) is 92.7 Å². The molecule has 1 heterocycles. The van der Waals surface area contributed by atoms with Crippen LogP contribution in [0.25, 0.3) is 23.1 Å². The highest BCUT2D eigenvalue weighted by atomic mass is 35.5. The molecule has 1 unspecified atom stereocenters. The van der Waals surface area contributed by atoms with Crippen molar-refractivity contribution in [3.05, 3.63) is 146 Å². The molecule has 0 radical (unpaired) electrons. The monoisotopic (exact) mass is 645 g/mol. The summed E-state index contributed by atoms with van der Waals surface area (Å²) in [5.41, 5.74) is 12.5. The van der Waals surface area contributed by atoms with Crippen LogP contribution in [0, 0.1) is 0 Å². The Morgan fingerprint density at radius 2 is 1.62 bits per heavy atom. The lowest BCUT2D eigenvalue weighted by molar-refractivity contribution is 0.0690. The summed E-state index contributed by atoms with van der Waals surface area (Å²) in [6, 6.07) is 26.9. The second kappa shape index (κ2) is 14.9. The third-order valence-electron chi connectivity index (χ3n) is 8.32. The maximum Gasteiger partial charge on any atom is 0.336 e.